The van der Waals surface area contributed by atoms with E-state index in [1.165, 1.54) is 72.8 Å². The van der Waals surface area contributed by atoms with E-state index in [2.05, 4.69) is 0 Å². The van der Waals surface area contributed by atoms with Crippen molar-refractivity contribution < 1.29 is 67.0 Å². The van der Waals surface area contributed by atoms with Crippen LogP contribution in [0.15, 0.2) is 97.1 Å². The minimum Gasteiger partial charge on any atom is -0.456 e. The van der Waals surface area contributed by atoms with Crippen LogP contribution in [0.25, 0.3) is 0 Å². The van der Waals surface area contributed by atoms with E-state index in [-0.39, 0.29) is 44.9 Å². The van der Waals surface area contributed by atoms with Crippen LogP contribution in [0.4, 0.5) is 9.59 Å². The maximum atomic E-state index is 13.6. The Labute approximate surface area is 298 Å². The molecule has 0 bridgehead atoms. The summed E-state index contributed by atoms with van der Waals surface area (Å²) in [5.41, 5.74) is -0.677. The van der Waals surface area contributed by atoms with Crippen LogP contribution in [-0.4, -0.2) is 61.6 Å². The highest BCUT2D eigenvalue weighted by Gasteiger charge is 2.26. The Morgan fingerprint density at radius 3 is 1.10 bits per heavy atom. The number of hydrogen-bond donors (Lipinski definition) is 0. The normalized spacial score (nSPS) is 10.5. The fourth-order valence-electron chi connectivity index (χ4n) is 4.47. The van der Waals surface area contributed by atoms with Gasteiger partial charge in [-0.1, -0.05) is 60.7 Å². The number of para-hydroxylation sites is 2. The third kappa shape index (κ3) is 10.4. The highest BCUT2D eigenvalue weighted by molar-refractivity contribution is 6.17. The molecule has 0 fully saturated rings. The molecule has 14 nitrogen and oxygen atoms in total. The lowest BCUT2D eigenvalue weighted by atomic mass is 9.97. The number of benzene rings is 4. The predicted molar refractivity (Wildman–Crippen MR) is 180 cm³/mol. The molecule has 14 heteroatoms. The minimum atomic E-state index is -1.19. The molecule has 0 aliphatic carbocycles. The first-order valence-corrected chi connectivity index (χ1v) is 15.8. The summed E-state index contributed by atoms with van der Waals surface area (Å²) in [6.45, 7) is 5.48. The van der Waals surface area contributed by atoms with E-state index < -0.39 is 61.6 Å². The van der Waals surface area contributed by atoms with Gasteiger partial charge in [-0.2, -0.15) is 0 Å². The fourth-order valence-corrected chi connectivity index (χ4v) is 4.47. The molecule has 0 heterocycles. The second kappa shape index (κ2) is 18.3. The quantitative estimate of drug-likeness (QED) is 0.0434. The van der Waals surface area contributed by atoms with Gasteiger partial charge in [-0.15, -0.1) is 0 Å². The average molecular weight is 715 g/mol. The van der Waals surface area contributed by atoms with Crippen LogP contribution in [0.5, 0.6) is 11.5 Å². The molecule has 0 aromatic heterocycles. The zero-order chi connectivity index (χ0) is 37.6. The summed E-state index contributed by atoms with van der Waals surface area (Å²) in [5.74, 6) is -3.58. The summed E-state index contributed by atoms with van der Waals surface area (Å²) in [5, 5.41) is 0. The molecule has 0 aliphatic rings. The first-order chi connectivity index (χ1) is 25.0. The largest absolute Gasteiger partial charge is 0.511 e. The Hall–Kier alpha value is -6.70. The predicted octanol–water partition coefficient (Wildman–Crippen LogP) is 6.87. The van der Waals surface area contributed by atoms with Gasteiger partial charge in [-0.05, 0) is 64.1 Å². The van der Waals surface area contributed by atoms with Crippen molar-refractivity contribution in [1.29, 1.82) is 0 Å². The Balaban J connectivity index is 1.46. The summed E-state index contributed by atoms with van der Waals surface area (Å²) >= 11 is 0. The first kappa shape index (κ1) is 38.1. The number of ether oxygens (including phenoxy) is 6. The van der Waals surface area contributed by atoms with Crippen LogP contribution >= 0.6 is 0 Å². The summed E-state index contributed by atoms with van der Waals surface area (Å²) < 4.78 is 30.5. The molecule has 270 valence electrons. The third-order valence-corrected chi connectivity index (χ3v) is 6.69. The molecule has 0 saturated carbocycles. The third-order valence-electron chi connectivity index (χ3n) is 6.69. The summed E-state index contributed by atoms with van der Waals surface area (Å²) in [7, 11) is 0. The van der Waals surface area contributed by atoms with Gasteiger partial charge in [0.1, 0.15) is 11.5 Å². The molecule has 0 spiro atoms. The first-order valence-electron chi connectivity index (χ1n) is 15.8. The number of ketones is 2. The van der Waals surface area contributed by atoms with E-state index in [1.807, 2.05) is 0 Å². The topological polar surface area (TPSA) is 176 Å². The van der Waals surface area contributed by atoms with E-state index in [9.17, 15) is 28.8 Å². The highest BCUT2D eigenvalue weighted by Crippen LogP contribution is 2.26. The summed E-state index contributed by atoms with van der Waals surface area (Å²) in [4.78, 5) is 86.6. The molecule has 0 atom stereocenters. The Kier molecular flexibility index (Phi) is 13.4. The van der Waals surface area contributed by atoms with Gasteiger partial charge < -0.3 is 28.4 Å². The lowest BCUT2D eigenvalue weighted by Gasteiger charge is -2.14. The zero-order valence-electron chi connectivity index (χ0n) is 28.5. The number of carbonyl (C=O) groups excluding carboxylic acids is 6. The molecule has 0 unspecified atom stereocenters. The molecular formula is C38H34O14. The van der Waals surface area contributed by atoms with Crippen molar-refractivity contribution in [2.24, 2.45) is 0 Å². The molecule has 4 rings (SSSR count). The van der Waals surface area contributed by atoms with Crippen molar-refractivity contribution in [2.45, 2.75) is 39.9 Å². The number of carbonyl (C=O) groups is 6. The Morgan fingerprint density at radius 1 is 0.442 bits per heavy atom. The van der Waals surface area contributed by atoms with Crippen molar-refractivity contribution in [2.75, 3.05) is 13.6 Å². The van der Waals surface area contributed by atoms with Crippen molar-refractivity contribution >= 4 is 35.8 Å². The molecule has 4 aromatic carbocycles. The molecule has 52 heavy (non-hydrogen) atoms. The minimum absolute atomic E-state index is 0.0272. The van der Waals surface area contributed by atoms with Gasteiger partial charge >= 0.3 is 24.2 Å². The monoisotopic (exact) mass is 714 g/mol. The second-order valence-corrected chi connectivity index (χ2v) is 11.1. The van der Waals surface area contributed by atoms with Gasteiger partial charge in [0.25, 0.3) is 0 Å². The van der Waals surface area contributed by atoms with Gasteiger partial charge in [0, 0.05) is 11.1 Å². The van der Waals surface area contributed by atoms with Crippen LogP contribution in [0, 0.1) is 0 Å². The van der Waals surface area contributed by atoms with E-state index in [0.29, 0.717) is 0 Å². The van der Waals surface area contributed by atoms with Crippen molar-refractivity contribution in [3.63, 3.8) is 0 Å². The lowest BCUT2D eigenvalue weighted by Crippen LogP contribution is -2.19. The Morgan fingerprint density at radius 2 is 0.750 bits per heavy atom. The lowest BCUT2D eigenvalue weighted by molar-refractivity contribution is -0.187. The van der Waals surface area contributed by atoms with E-state index in [1.54, 1.807) is 52.0 Å². The van der Waals surface area contributed by atoms with Gasteiger partial charge in [-0.3, -0.25) is 9.59 Å². The molecular weight excluding hydrogens is 680 g/mol. The molecule has 0 N–H and O–H groups in total. The average Bonchev–Trinajstić information content (AvgIpc) is 3.13. The van der Waals surface area contributed by atoms with Gasteiger partial charge in [0.15, 0.2) is 11.6 Å². The maximum absolute atomic E-state index is 13.6. The molecule has 0 radical (unpaired) electrons. The maximum Gasteiger partial charge on any atom is 0.511 e. The standard InChI is InChI=1S/C38H34O14/c1-23(2)49-37(43)47-21-45-31-19-11-9-17-29(31)33(39)25-13-5-7-15-27(25)35(41)51-52-36(42)28-16-8-6-14-26(28)34(40)30-18-10-12-20-32(30)46-22-48-38(44)50-24(3)4/h5-20,23-24H,21-22H2,1-4H3. The van der Waals surface area contributed by atoms with Crippen LogP contribution in [-0.2, 0) is 28.7 Å². The molecule has 0 aliphatic heterocycles. The highest BCUT2D eigenvalue weighted by atomic mass is 17.2. The fraction of sp³-hybridized carbons (Fsp3) is 0.211. The van der Waals surface area contributed by atoms with Gasteiger partial charge in [-0.25, -0.2) is 29.0 Å². The molecule has 4 aromatic rings. The van der Waals surface area contributed by atoms with Crippen molar-refractivity contribution in [3.05, 3.63) is 130 Å². The van der Waals surface area contributed by atoms with E-state index in [0.717, 1.165) is 0 Å². The molecule has 0 amide bonds. The van der Waals surface area contributed by atoms with Crippen molar-refractivity contribution in [1.82, 2.24) is 0 Å². The van der Waals surface area contributed by atoms with Crippen LogP contribution < -0.4 is 9.47 Å². The van der Waals surface area contributed by atoms with Crippen LogP contribution in [0.2, 0.25) is 0 Å². The smallest absolute Gasteiger partial charge is 0.456 e. The molecule has 0 saturated heterocycles. The SMILES string of the molecule is CC(C)OC(=O)OCOc1ccccc1C(=O)c1ccccc1C(=O)OOC(=O)c1ccccc1C(=O)c1ccccc1OCOC(=O)OC(C)C. The number of hydrogen-bond acceptors (Lipinski definition) is 14. The zero-order valence-corrected chi connectivity index (χ0v) is 28.5. The van der Waals surface area contributed by atoms with Crippen LogP contribution in [0.3, 0.4) is 0 Å². The van der Waals surface area contributed by atoms with Crippen LogP contribution in [0.1, 0.15) is 80.3 Å². The Bertz CT molecular complexity index is 1790. The summed E-state index contributed by atoms with van der Waals surface area (Å²) in [6, 6.07) is 23.4. The summed E-state index contributed by atoms with van der Waals surface area (Å²) in [6.07, 6.45) is -2.74. The van der Waals surface area contributed by atoms with E-state index >= 15 is 0 Å². The van der Waals surface area contributed by atoms with E-state index in [4.69, 9.17) is 38.2 Å². The number of rotatable bonds is 14. The van der Waals surface area contributed by atoms with Crippen molar-refractivity contribution in [3.8, 4) is 11.5 Å². The van der Waals surface area contributed by atoms with Gasteiger partial charge in [0.2, 0.25) is 13.6 Å². The van der Waals surface area contributed by atoms with Gasteiger partial charge in [0.05, 0.1) is 34.5 Å². The second-order valence-electron chi connectivity index (χ2n) is 11.1.